The molecule has 3 aliphatic rings. The van der Waals surface area contributed by atoms with Gasteiger partial charge in [-0.2, -0.15) is 0 Å². The van der Waals surface area contributed by atoms with Crippen molar-refractivity contribution in [3.8, 4) is 0 Å². The average molecular weight is 406 g/mol. The predicted molar refractivity (Wildman–Crippen MR) is 102 cm³/mol. The summed E-state index contributed by atoms with van der Waals surface area (Å²) in [5.41, 5.74) is 1.14. The number of aliphatic hydroxyl groups is 1. The molecule has 4 atom stereocenters. The normalized spacial score (nSPS) is 28.0. The van der Waals surface area contributed by atoms with Crippen LogP contribution in [0.3, 0.4) is 0 Å². The van der Waals surface area contributed by atoms with Gasteiger partial charge in [-0.25, -0.2) is 9.59 Å². The second-order valence-electron chi connectivity index (χ2n) is 7.43. The first-order valence-corrected chi connectivity index (χ1v) is 9.56. The number of hydrogen-bond acceptors (Lipinski definition) is 6. The summed E-state index contributed by atoms with van der Waals surface area (Å²) >= 11 is 0. The van der Waals surface area contributed by atoms with Crippen LogP contribution < -0.4 is 0 Å². The van der Waals surface area contributed by atoms with E-state index < -0.39 is 30.1 Å². The van der Waals surface area contributed by atoms with E-state index in [2.05, 4.69) is 6.58 Å². The molecule has 2 amide bonds. The molecule has 0 aromatic heterocycles. The van der Waals surface area contributed by atoms with Gasteiger partial charge < -0.3 is 24.6 Å². The van der Waals surface area contributed by atoms with Gasteiger partial charge in [0.25, 0.3) is 0 Å². The van der Waals surface area contributed by atoms with Crippen LogP contribution in [0.15, 0.2) is 35.6 Å². The number of carbonyl (C=O) groups is 3. The smallest absolute Gasteiger partial charge is 0.410 e. The third-order valence-electron chi connectivity index (χ3n) is 5.57. The van der Waals surface area contributed by atoms with E-state index in [-0.39, 0.29) is 30.9 Å². The second-order valence-corrected chi connectivity index (χ2v) is 7.43. The molecule has 158 valence electrons. The number of carboxylic acids is 1. The standard InChI is InChI=1S/C20H26N2O7/c1-4-6-29-20(27)21-5-7-28-10-13(21)8-11(2)14-9-15-16(12(3)23)18(24)22(15)17(14)19(25)26/h4,8,12-13,15-16,23H,1,5-7,9-10H2,2-3H3,(H,25,26)/t12-,13-,15-,16-/m1/s1. The maximum atomic E-state index is 12.4. The zero-order chi connectivity index (χ0) is 21.3. The zero-order valence-electron chi connectivity index (χ0n) is 16.5. The molecule has 29 heavy (non-hydrogen) atoms. The quantitative estimate of drug-likeness (QED) is 0.497. The van der Waals surface area contributed by atoms with Crippen LogP contribution in [0.5, 0.6) is 0 Å². The van der Waals surface area contributed by atoms with Crippen LogP contribution in [0.25, 0.3) is 0 Å². The van der Waals surface area contributed by atoms with Crippen molar-refractivity contribution in [2.75, 3.05) is 26.4 Å². The monoisotopic (exact) mass is 406 g/mol. The van der Waals surface area contributed by atoms with Gasteiger partial charge in [-0.3, -0.25) is 9.69 Å². The molecule has 2 saturated heterocycles. The molecule has 0 aromatic rings. The van der Waals surface area contributed by atoms with Crippen molar-refractivity contribution in [1.29, 1.82) is 0 Å². The van der Waals surface area contributed by atoms with Gasteiger partial charge in [0.05, 0.1) is 37.3 Å². The van der Waals surface area contributed by atoms with Gasteiger partial charge in [-0.05, 0) is 31.4 Å². The summed E-state index contributed by atoms with van der Waals surface area (Å²) < 4.78 is 10.6. The summed E-state index contributed by atoms with van der Waals surface area (Å²) in [5, 5.41) is 19.5. The fourth-order valence-electron chi connectivity index (χ4n) is 4.21. The Bertz CT molecular complexity index is 786. The van der Waals surface area contributed by atoms with Gasteiger partial charge in [-0.15, -0.1) is 0 Å². The van der Waals surface area contributed by atoms with Gasteiger partial charge in [0.1, 0.15) is 12.3 Å². The number of allylic oxidation sites excluding steroid dienone is 1. The molecule has 9 heteroatoms. The number of carbonyl (C=O) groups excluding carboxylic acids is 2. The summed E-state index contributed by atoms with van der Waals surface area (Å²) in [6.45, 7) is 7.91. The molecule has 0 radical (unpaired) electrons. The van der Waals surface area contributed by atoms with E-state index in [0.717, 1.165) is 0 Å². The third kappa shape index (κ3) is 3.79. The minimum absolute atomic E-state index is 0.0526. The highest BCUT2D eigenvalue weighted by molar-refractivity contribution is 6.00. The Hall–Kier alpha value is -2.65. The molecule has 3 rings (SSSR count). The van der Waals surface area contributed by atoms with E-state index in [1.807, 2.05) is 0 Å². The zero-order valence-corrected chi connectivity index (χ0v) is 16.5. The second kappa shape index (κ2) is 8.38. The van der Waals surface area contributed by atoms with Gasteiger partial charge in [0.15, 0.2) is 0 Å². The Morgan fingerprint density at radius 1 is 1.45 bits per heavy atom. The Labute approximate surface area is 168 Å². The van der Waals surface area contributed by atoms with Gasteiger partial charge in [0, 0.05) is 6.54 Å². The van der Waals surface area contributed by atoms with Crippen LogP contribution in [0.4, 0.5) is 4.79 Å². The number of fused-ring (bicyclic) bond motifs is 1. The number of nitrogens with zero attached hydrogens (tertiary/aromatic N) is 2. The van der Waals surface area contributed by atoms with E-state index in [4.69, 9.17) is 9.47 Å². The lowest BCUT2D eigenvalue weighted by Crippen LogP contribution is -2.61. The maximum absolute atomic E-state index is 12.4. The van der Waals surface area contributed by atoms with Crippen molar-refractivity contribution in [2.45, 2.75) is 38.5 Å². The number of morpholine rings is 1. The predicted octanol–water partition coefficient (Wildman–Crippen LogP) is 0.906. The van der Waals surface area contributed by atoms with Crippen molar-refractivity contribution >= 4 is 18.0 Å². The van der Waals surface area contributed by atoms with Crippen molar-refractivity contribution < 1.29 is 34.1 Å². The Morgan fingerprint density at radius 2 is 2.17 bits per heavy atom. The van der Waals surface area contributed by atoms with Gasteiger partial charge in [0.2, 0.25) is 5.91 Å². The number of carboxylic acid groups (broad SMARTS) is 1. The fraction of sp³-hybridized carbons (Fsp3) is 0.550. The topological polar surface area (TPSA) is 117 Å². The summed E-state index contributed by atoms with van der Waals surface area (Å²) in [6.07, 6.45) is 2.27. The largest absolute Gasteiger partial charge is 0.477 e. The molecule has 0 bridgehead atoms. The number of β-lactam (4-membered cyclic amide) rings is 1. The summed E-state index contributed by atoms with van der Waals surface area (Å²) in [7, 11) is 0. The van der Waals surface area contributed by atoms with Crippen LogP contribution in [-0.4, -0.2) is 82.5 Å². The number of amides is 2. The first-order valence-electron chi connectivity index (χ1n) is 9.56. The molecule has 3 aliphatic heterocycles. The van der Waals surface area contributed by atoms with Crippen molar-refractivity contribution in [1.82, 2.24) is 9.80 Å². The van der Waals surface area contributed by atoms with Crippen LogP contribution in [0, 0.1) is 5.92 Å². The molecule has 0 aromatic carbocycles. The van der Waals surface area contributed by atoms with E-state index in [1.54, 1.807) is 13.0 Å². The third-order valence-corrected chi connectivity index (χ3v) is 5.57. The fourth-order valence-corrected chi connectivity index (χ4v) is 4.21. The molecular weight excluding hydrogens is 380 g/mol. The van der Waals surface area contributed by atoms with E-state index in [9.17, 15) is 24.6 Å². The molecule has 9 nitrogen and oxygen atoms in total. The Morgan fingerprint density at radius 3 is 2.79 bits per heavy atom. The number of aliphatic hydroxyl groups excluding tert-OH is 1. The van der Waals surface area contributed by atoms with Gasteiger partial charge in [-0.1, -0.05) is 18.7 Å². The highest BCUT2D eigenvalue weighted by Gasteiger charge is 2.56. The molecule has 2 N–H and O–H groups in total. The van der Waals surface area contributed by atoms with Crippen LogP contribution >= 0.6 is 0 Å². The lowest BCUT2D eigenvalue weighted by Gasteiger charge is -2.44. The minimum Gasteiger partial charge on any atom is -0.477 e. The number of hydrogen-bond donors (Lipinski definition) is 2. The van der Waals surface area contributed by atoms with E-state index in [0.29, 0.717) is 30.7 Å². The van der Waals surface area contributed by atoms with Crippen LogP contribution in [-0.2, 0) is 19.1 Å². The average Bonchev–Trinajstić information content (AvgIpc) is 3.01. The van der Waals surface area contributed by atoms with E-state index in [1.165, 1.54) is 22.8 Å². The molecule has 2 fully saturated rings. The van der Waals surface area contributed by atoms with E-state index >= 15 is 0 Å². The molecule has 0 saturated carbocycles. The first kappa shape index (κ1) is 21.1. The minimum atomic E-state index is -1.19. The highest BCUT2D eigenvalue weighted by Crippen LogP contribution is 2.45. The SMILES string of the molecule is C=CCOC(=O)N1CCOC[C@H]1C=C(C)C1=C(C(=O)O)N2C(=O)[C@H]([C@@H](C)O)[C@H]2C1. The Kier molecular flexibility index (Phi) is 6.09. The van der Waals surface area contributed by atoms with Gasteiger partial charge >= 0.3 is 12.1 Å². The molecule has 3 heterocycles. The lowest BCUT2D eigenvalue weighted by atomic mass is 9.82. The number of rotatable bonds is 6. The van der Waals surface area contributed by atoms with Crippen molar-refractivity contribution in [3.63, 3.8) is 0 Å². The van der Waals surface area contributed by atoms with Crippen LogP contribution in [0.1, 0.15) is 20.3 Å². The Balaban J connectivity index is 1.86. The molecule has 0 spiro atoms. The number of aliphatic carboxylic acids is 1. The summed E-state index contributed by atoms with van der Waals surface area (Å²) in [5.74, 6) is -2.16. The summed E-state index contributed by atoms with van der Waals surface area (Å²) in [4.78, 5) is 39.3. The van der Waals surface area contributed by atoms with Crippen LogP contribution in [0.2, 0.25) is 0 Å². The highest BCUT2D eigenvalue weighted by atomic mass is 16.6. The van der Waals surface area contributed by atoms with Crippen molar-refractivity contribution in [3.05, 3.63) is 35.6 Å². The number of ether oxygens (including phenoxy) is 2. The molecule has 0 aliphatic carbocycles. The molecular formula is C20H26N2O7. The molecule has 0 unspecified atom stereocenters. The lowest BCUT2D eigenvalue weighted by molar-refractivity contribution is -0.161. The maximum Gasteiger partial charge on any atom is 0.410 e. The first-order chi connectivity index (χ1) is 13.8. The summed E-state index contributed by atoms with van der Waals surface area (Å²) in [6, 6.07) is -0.775. The van der Waals surface area contributed by atoms with Crippen molar-refractivity contribution in [2.24, 2.45) is 5.92 Å².